The lowest BCUT2D eigenvalue weighted by molar-refractivity contribution is 0.0938. The van der Waals surface area contributed by atoms with Gasteiger partial charge >= 0.3 is 0 Å². The molecule has 2 rings (SSSR count). The molecule has 4 heteroatoms. The molecule has 1 aliphatic heterocycles. The van der Waals surface area contributed by atoms with Crippen LogP contribution in [0.1, 0.15) is 35.7 Å². The Morgan fingerprint density at radius 1 is 1.50 bits per heavy atom. The molecule has 1 aromatic rings. The number of likely N-dealkylation sites (N-methyl/N-ethyl adjacent to an activating group) is 1. The third-order valence-corrected chi connectivity index (χ3v) is 4.01. The van der Waals surface area contributed by atoms with Crippen molar-refractivity contribution in [3.63, 3.8) is 0 Å². The fourth-order valence-corrected chi connectivity index (χ4v) is 2.83. The Morgan fingerprint density at radius 2 is 2.30 bits per heavy atom. The third-order valence-electron chi connectivity index (χ3n) is 4.01. The molecule has 1 unspecified atom stereocenters. The quantitative estimate of drug-likeness (QED) is 0.896. The maximum Gasteiger partial charge on any atom is 0.255 e. The summed E-state index contributed by atoms with van der Waals surface area (Å²) in [4.78, 5) is 14.7. The first-order valence-electron chi connectivity index (χ1n) is 7.32. The molecule has 0 saturated carbocycles. The number of rotatable bonds is 5. The molecule has 1 amide bonds. The Balaban J connectivity index is 1.98. The number of hydrogen-bond donors (Lipinski definition) is 1. The van der Waals surface area contributed by atoms with Gasteiger partial charge in [0.2, 0.25) is 0 Å². The molecule has 0 bridgehead atoms. The second-order valence-corrected chi connectivity index (χ2v) is 5.34. The Kier molecular flexibility index (Phi) is 5.01. The Labute approximate surface area is 121 Å². The predicted octanol–water partition coefficient (Wildman–Crippen LogP) is 2.22. The van der Waals surface area contributed by atoms with Gasteiger partial charge in [0, 0.05) is 12.6 Å². The van der Waals surface area contributed by atoms with Crippen LogP contribution in [0.25, 0.3) is 0 Å². The maximum atomic E-state index is 12.3. The van der Waals surface area contributed by atoms with Gasteiger partial charge in [-0.2, -0.15) is 0 Å². The molecule has 1 aromatic carbocycles. The van der Waals surface area contributed by atoms with Gasteiger partial charge in [-0.25, -0.2) is 0 Å². The van der Waals surface area contributed by atoms with Crippen LogP contribution in [0, 0.1) is 6.92 Å². The molecule has 1 aliphatic rings. The number of benzene rings is 1. The number of hydrogen-bond acceptors (Lipinski definition) is 3. The second-order valence-electron chi connectivity index (χ2n) is 5.34. The van der Waals surface area contributed by atoms with Crippen molar-refractivity contribution in [2.75, 3.05) is 26.7 Å². The molecule has 20 heavy (non-hydrogen) atoms. The highest BCUT2D eigenvalue weighted by molar-refractivity contribution is 5.97. The monoisotopic (exact) mass is 276 g/mol. The molecule has 4 nitrogen and oxygen atoms in total. The van der Waals surface area contributed by atoms with E-state index in [1.807, 2.05) is 25.1 Å². The van der Waals surface area contributed by atoms with E-state index < -0.39 is 0 Å². The number of methoxy groups -OCH3 is 1. The van der Waals surface area contributed by atoms with Crippen LogP contribution in [0.15, 0.2) is 18.2 Å². The van der Waals surface area contributed by atoms with E-state index in [0.29, 0.717) is 23.9 Å². The van der Waals surface area contributed by atoms with E-state index in [9.17, 15) is 4.79 Å². The summed E-state index contributed by atoms with van der Waals surface area (Å²) >= 11 is 0. The van der Waals surface area contributed by atoms with Crippen LogP contribution in [0.4, 0.5) is 0 Å². The van der Waals surface area contributed by atoms with Crippen LogP contribution < -0.4 is 10.1 Å². The van der Waals surface area contributed by atoms with Gasteiger partial charge in [-0.05, 0) is 50.6 Å². The summed E-state index contributed by atoms with van der Waals surface area (Å²) in [6, 6.07) is 6.13. The summed E-state index contributed by atoms with van der Waals surface area (Å²) in [5.41, 5.74) is 1.70. The normalized spacial score (nSPS) is 19.1. The summed E-state index contributed by atoms with van der Waals surface area (Å²) in [6.45, 7) is 7.06. The highest BCUT2D eigenvalue weighted by atomic mass is 16.5. The third kappa shape index (κ3) is 3.31. The van der Waals surface area contributed by atoms with Gasteiger partial charge in [0.15, 0.2) is 0 Å². The number of likely N-dealkylation sites (tertiary alicyclic amines) is 1. The Bertz CT molecular complexity index is 474. The van der Waals surface area contributed by atoms with Crippen LogP contribution in [0.5, 0.6) is 5.75 Å². The minimum Gasteiger partial charge on any atom is -0.496 e. The first-order chi connectivity index (χ1) is 9.65. The van der Waals surface area contributed by atoms with Crippen molar-refractivity contribution >= 4 is 5.91 Å². The van der Waals surface area contributed by atoms with Crippen LogP contribution in [0.3, 0.4) is 0 Å². The molecule has 1 saturated heterocycles. The molecule has 0 spiro atoms. The fraction of sp³-hybridized carbons (Fsp3) is 0.562. The largest absolute Gasteiger partial charge is 0.496 e. The van der Waals surface area contributed by atoms with Crippen molar-refractivity contribution in [3.05, 3.63) is 29.3 Å². The SMILES string of the molecule is CCN1CCCC1CNC(=O)c1ccc(C)cc1OC. The lowest BCUT2D eigenvalue weighted by Crippen LogP contribution is -2.40. The van der Waals surface area contributed by atoms with E-state index in [1.165, 1.54) is 12.8 Å². The second kappa shape index (κ2) is 6.75. The number of nitrogens with one attached hydrogen (secondary N) is 1. The number of amides is 1. The number of ether oxygens (including phenoxy) is 1. The average molecular weight is 276 g/mol. The van der Waals surface area contributed by atoms with Gasteiger partial charge in [0.1, 0.15) is 5.75 Å². The van der Waals surface area contributed by atoms with Crippen molar-refractivity contribution in [2.45, 2.75) is 32.7 Å². The fourth-order valence-electron chi connectivity index (χ4n) is 2.83. The van der Waals surface area contributed by atoms with E-state index in [4.69, 9.17) is 4.74 Å². The zero-order valence-corrected chi connectivity index (χ0v) is 12.6. The lowest BCUT2D eigenvalue weighted by Gasteiger charge is -2.23. The molecular formula is C16H24N2O2. The summed E-state index contributed by atoms with van der Waals surface area (Å²) in [5, 5.41) is 3.04. The molecule has 1 atom stereocenters. The van der Waals surface area contributed by atoms with E-state index in [2.05, 4.69) is 17.1 Å². The van der Waals surface area contributed by atoms with E-state index in [0.717, 1.165) is 18.7 Å². The summed E-state index contributed by atoms with van der Waals surface area (Å²) < 4.78 is 5.29. The summed E-state index contributed by atoms with van der Waals surface area (Å²) in [5.74, 6) is 0.589. The van der Waals surface area contributed by atoms with Crippen LogP contribution in [-0.4, -0.2) is 43.6 Å². The first kappa shape index (κ1) is 14.9. The number of aryl methyl sites for hydroxylation is 1. The van der Waals surface area contributed by atoms with Gasteiger partial charge in [-0.3, -0.25) is 9.69 Å². The summed E-state index contributed by atoms with van der Waals surface area (Å²) in [7, 11) is 1.60. The van der Waals surface area contributed by atoms with Gasteiger partial charge in [0.05, 0.1) is 12.7 Å². The van der Waals surface area contributed by atoms with E-state index in [-0.39, 0.29) is 5.91 Å². The average Bonchev–Trinajstić information content (AvgIpc) is 2.92. The minimum atomic E-state index is -0.0511. The summed E-state index contributed by atoms with van der Waals surface area (Å²) in [6.07, 6.45) is 2.39. The zero-order valence-electron chi connectivity index (χ0n) is 12.6. The van der Waals surface area contributed by atoms with Crippen molar-refractivity contribution in [1.29, 1.82) is 0 Å². The molecule has 110 valence electrons. The van der Waals surface area contributed by atoms with Crippen molar-refractivity contribution in [3.8, 4) is 5.75 Å². The molecule has 1 fully saturated rings. The Morgan fingerprint density at radius 3 is 3.00 bits per heavy atom. The molecule has 0 radical (unpaired) electrons. The lowest BCUT2D eigenvalue weighted by atomic mass is 10.1. The van der Waals surface area contributed by atoms with Gasteiger partial charge in [0.25, 0.3) is 5.91 Å². The van der Waals surface area contributed by atoms with Crippen LogP contribution in [0.2, 0.25) is 0 Å². The van der Waals surface area contributed by atoms with E-state index in [1.54, 1.807) is 7.11 Å². The number of carbonyl (C=O) groups excluding carboxylic acids is 1. The topological polar surface area (TPSA) is 41.6 Å². The molecule has 0 aromatic heterocycles. The minimum absolute atomic E-state index is 0.0511. The number of carbonyl (C=O) groups is 1. The van der Waals surface area contributed by atoms with Crippen molar-refractivity contribution in [1.82, 2.24) is 10.2 Å². The molecule has 0 aliphatic carbocycles. The smallest absolute Gasteiger partial charge is 0.255 e. The van der Waals surface area contributed by atoms with Crippen molar-refractivity contribution in [2.24, 2.45) is 0 Å². The van der Waals surface area contributed by atoms with Crippen LogP contribution in [-0.2, 0) is 0 Å². The van der Waals surface area contributed by atoms with Gasteiger partial charge in [-0.1, -0.05) is 13.0 Å². The van der Waals surface area contributed by atoms with Gasteiger partial charge in [-0.15, -0.1) is 0 Å². The number of nitrogens with zero attached hydrogens (tertiary/aromatic N) is 1. The zero-order chi connectivity index (χ0) is 14.5. The molecule has 1 heterocycles. The first-order valence-corrected chi connectivity index (χ1v) is 7.32. The highest BCUT2D eigenvalue weighted by Gasteiger charge is 2.23. The van der Waals surface area contributed by atoms with E-state index >= 15 is 0 Å². The van der Waals surface area contributed by atoms with Crippen LogP contribution >= 0.6 is 0 Å². The molecule has 1 N–H and O–H groups in total. The standard InChI is InChI=1S/C16H24N2O2/c1-4-18-9-5-6-13(18)11-17-16(19)14-8-7-12(2)10-15(14)20-3/h7-8,10,13H,4-6,9,11H2,1-3H3,(H,17,19). The maximum absolute atomic E-state index is 12.3. The van der Waals surface area contributed by atoms with Crippen molar-refractivity contribution < 1.29 is 9.53 Å². The highest BCUT2D eigenvalue weighted by Crippen LogP contribution is 2.20. The van der Waals surface area contributed by atoms with Gasteiger partial charge < -0.3 is 10.1 Å². The Hall–Kier alpha value is -1.55. The molecular weight excluding hydrogens is 252 g/mol. The predicted molar refractivity (Wildman–Crippen MR) is 80.3 cm³/mol.